The van der Waals surface area contributed by atoms with E-state index >= 15 is 0 Å². The molecule has 0 spiro atoms. The monoisotopic (exact) mass is 256 g/mol. The molecule has 0 aromatic carbocycles. The summed E-state index contributed by atoms with van der Waals surface area (Å²) in [7, 11) is 5.64. The predicted octanol–water partition coefficient (Wildman–Crippen LogP) is 1.25. The van der Waals surface area contributed by atoms with E-state index < -0.39 is 0 Å². The Morgan fingerprint density at radius 3 is 2.39 bits per heavy atom. The van der Waals surface area contributed by atoms with E-state index in [0.29, 0.717) is 12.6 Å². The van der Waals surface area contributed by atoms with Crippen LogP contribution in [0.2, 0.25) is 0 Å². The lowest BCUT2D eigenvalue weighted by Crippen LogP contribution is -2.57. The highest BCUT2D eigenvalue weighted by molar-refractivity contribution is 4.95. The van der Waals surface area contributed by atoms with Crippen molar-refractivity contribution in [2.45, 2.75) is 56.3 Å². The molecular weight excluding hydrogens is 228 g/mol. The number of nitrogens with one attached hydrogen (secondary N) is 1. The Morgan fingerprint density at radius 2 is 1.89 bits per heavy atom. The van der Waals surface area contributed by atoms with Crippen molar-refractivity contribution in [2.24, 2.45) is 0 Å². The molecule has 0 aliphatic carbocycles. The van der Waals surface area contributed by atoms with Gasteiger partial charge in [0.15, 0.2) is 0 Å². The van der Waals surface area contributed by atoms with Crippen molar-refractivity contribution in [1.82, 2.24) is 10.2 Å². The van der Waals surface area contributed by atoms with Crippen LogP contribution in [0.4, 0.5) is 0 Å². The van der Waals surface area contributed by atoms with E-state index in [1.807, 2.05) is 0 Å². The molecule has 2 bridgehead atoms. The number of fused-ring (bicyclic) bond motifs is 2. The molecule has 2 rings (SSSR count). The normalized spacial score (nSPS) is 34.5. The molecule has 2 aliphatic rings. The summed E-state index contributed by atoms with van der Waals surface area (Å²) in [4.78, 5) is 2.69. The zero-order valence-corrected chi connectivity index (χ0v) is 12.0. The maximum absolute atomic E-state index is 5.53. The van der Waals surface area contributed by atoms with E-state index in [1.165, 1.54) is 32.1 Å². The summed E-state index contributed by atoms with van der Waals surface area (Å²) in [5, 5.41) is 3.46. The maximum atomic E-state index is 5.53. The maximum Gasteiger partial charge on any atom is 0.0931 e. The first-order valence-corrected chi connectivity index (χ1v) is 7.23. The molecule has 1 N–H and O–H groups in total. The van der Waals surface area contributed by atoms with Gasteiger partial charge in [-0.3, -0.25) is 4.90 Å². The third-order valence-corrected chi connectivity index (χ3v) is 4.63. The lowest BCUT2D eigenvalue weighted by atomic mass is 9.81. The summed E-state index contributed by atoms with van der Waals surface area (Å²) in [6, 6.07) is 2.19. The van der Waals surface area contributed by atoms with Crippen LogP contribution in [0.25, 0.3) is 0 Å². The quantitative estimate of drug-likeness (QED) is 0.775. The Labute approximate surface area is 111 Å². The minimum atomic E-state index is 0.212. The Balaban J connectivity index is 1.95. The SMILES string of the molecule is CNC1CC2CCCC(C1)N2CC(COC)OC. The van der Waals surface area contributed by atoms with Crippen molar-refractivity contribution < 1.29 is 9.47 Å². The van der Waals surface area contributed by atoms with E-state index in [4.69, 9.17) is 9.47 Å². The second kappa shape index (κ2) is 6.85. The van der Waals surface area contributed by atoms with Gasteiger partial charge in [-0.05, 0) is 32.7 Å². The van der Waals surface area contributed by atoms with Crippen LogP contribution in [-0.2, 0) is 9.47 Å². The topological polar surface area (TPSA) is 33.7 Å². The van der Waals surface area contributed by atoms with Crippen LogP contribution in [0, 0.1) is 0 Å². The third-order valence-electron chi connectivity index (χ3n) is 4.63. The number of piperidine rings is 2. The highest BCUT2D eigenvalue weighted by Gasteiger charge is 2.38. The van der Waals surface area contributed by atoms with Gasteiger partial charge in [0, 0.05) is 38.9 Å². The van der Waals surface area contributed by atoms with E-state index in [1.54, 1.807) is 14.2 Å². The van der Waals surface area contributed by atoms with Crippen LogP contribution in [0.5, 0.6) is 0 Å². The fraction of sp³-hybridized carbons (Fsp3) is 1.00. The van der Waals surface area contributed by atoms with Gasteiger partial charge in [-0.15, -0.1) is 0 Å². The van der Waals surface area contributed by atoms with Gasteiger partial charge in [0.2, 0.25) is 0 Å². The molecule has 3 atom stereocenters. The molecule has 2 heterocycles. The van der Waals surface area contributed by atoms with Crippen molar-refractivity contribution in [3.05, 3.63) is 0 Å². The van der Waals surface area contributed by atoms with Crippen molar-refractivity contribution in [2.75, 3.05) is 34.4 Å². The van der Waals surface area contributed by atoms with Crippen molar-refractivity contribution >= 4 is 0 Å². The van der Waals surface area contributed by atoms with Gasteiger partial charge >= 0.3 is 0 Å². The van der Waals surface area contributed by atoms with Crippen molar-refractivity contribution in [3.63, 3.8) is 0 Å². The summed E-state index contributed by atoms with van der Waals surface area (Å²) in [6.07, 6.45) is 6.87. The summed E-state index contributed by atoms with van der Waals surface area (Å²) in [5.74, 6) is 0. The predicted molar refractivity (Wildman–Crippen MR) is 72.9 cm³/mol. The second-order valence-corrected chi connectivity index (χ2v) is 5.71. The molecule has 4 heteroatoms. The molecular formula is C14H28N2O2. The van der Waals surface area contributed by atoms with Crippen molar-refractivity contribution in [3.8, 4) is 0 Å². The van der Waals surface area contributed by atoms with E-state index in [2.05, 4.69) is 17.3 Å². The first kappa shape index (κ1) is 14.3. The molecule has 2 fully saturated rings. The molecule has 106 valence electrons. The largest absolute Gasteiger partial charge is 0.382 e. The molecule has 0 radical (unpaired) electrons. The first-order chi connectivity index (χ1) is 8.78. The smallest absolute Gasteiger partial charge is 0.0931 e. The molecule has 2 saturated heterocycles. The fourth-order valence-corrected chi connectivity index (χ4v) is 3.63. The van der Waals surface area contributed by atoms with Crippen LogP contribution in [0.15, 0.2) is 0 Å². The average Bonchev–Trinajstić information content (AvgIpc) is 2.37. The first-order valence-electron chi connectivity index (χ1n) is 7.23. The Kier molecular flexibility index (Phi) is 5.42. The van der Waals surface area contributed by atoms with Crippen LogP contribution in [0.1, 0.15) is 32.1 Å². The summed E-state index contributed by atoms with van der Waals surface area (Å²) < 4.78 is 10.8. The zero-order valence-electron chi connectivity index (χ0n) is 12.0. The highest BCUT2D eigenvalue weighted by Crippen LogP contribution is 2.34. The van der Waals surface area contributed by atoms with Crippen molar-refractivity contribution in [1.29, 1.82) is 0 Å². The average molecular weight is 256 g/mol. The van der Waals surface area contributed by atoms with Gasteiger partial charge in [-0.25, -0.2) is 0 Å². The van der Waals surface area contributed by atoms with E-state index in [0.717, 1.165) is 18.6 Å². The number of rotatable bonds is 6. The summed E-state index contributed by atoms with van der Waals surface area (Å²) in [5.41, 5.74) is 0. The second-order valence-electron chi connectivity index (χ2n) is 5.71. The minimum absolute atomic E-state index is 0.212. The minimum Gasteiger partial charge on any atom is -0.382 e. The number of nitrogens with zero attached hydrogens (tertiary/aromatic N) is 1. The number of hydrogen-bond donors (Lipinski definition) is 1. The van der Waals surface area contributed by atoms with Gasteiger partial charge in [0.1, 0.15) is 0 Å². The van der Waals surface area contributed by atoms with Gasteiger partial charge in [0.05, 0.1) is 12.7 Å². The lowest BCUT2D eigenvalue weighted by molar-refractivity contribution is -0.0435. The molecule has 4 nitrogen and oxygen atoms in total. The van der Waals surface area contributed by atoms with Gasteiger partial charge in [-0.1, -0.05) is 6.42 Å². The van der Waals surface area contributed by atoms with Crippen LogP contribution in [-0.4, -0.2) is 63.5 Å². The Hall–Kier alpha value is -0.160. The zero-order chi connectivity index (χ0) is 13.0. The molecule has 3 unspecified atom stereocenters. The standard InChI is InChI=1S/C14H28N2O2/c1-15-11-7-12-5-4-6-13(8-11)16(12)9-14(18-3)10-17-2/h11-15H,4-10H2,1-3H3. The highest BCUT2D eigenvalue weighted by atomic mass is 16.5. The van der Waals surface area contributed by atoms with Crippen LogP contribution >= 0.6 is 0 Å². The Bertz CT molecular complexity index is 236. The fourth-order valence-electron chi connectivity index (χ4n) is 3.63. The molecule has 0 aromatic rings. The number of ether oxygens (including phenoxy) is 2. The number of methoxy groups -OCH3 is 2. The third kappa shape index (κ3) is 3.23. The molecule has 2 aliphatic heterocycles. The molecule has 0 aromatic heterocycles. The van der Waals surface area contributed by atoms with Crippen LogP contribution < -0.4 is 5.32 Å². The lowest BCUT2D eigenvalue weighted by Gasteiger charge is -2.49. The Morgan fingerprint density at radius 1 is 1.22 bits per heavy atom. The van der Waals surface area contributed by atoms with Crippen LogP contribution in [0.3, 0.4) is 0 Å². The van der Waals surface area contributed by atoms with E-state index in [-0.39, 0.29) is 6.10 Å². The summed E-state index contributed by atoms with van der Waals surface area (Å²) in [6.45, 7) is 1.72. The molecule has 0 amide bonds. The van der Waals surface area contributed by atoms with E-state index in [9.17, 15) is 0 Å². The molecule has 0 saturated carbocycles. The molecule has 18 heavy (non-hydrogen) atoms. The van der Waals surface area contributed by atoms with Gasteiger partial charge in [-0.2, -0.15) is 0 Å². The van der Waals surface area contributed by atoms with Gasteiger partial charge < -0.3 is 14.8 Å². The summed E-state index contributed by atoms with van der Waals surface area (Å²) >= 11 is 0. The number of hydrogen-bond acceptors (Lipinski definition) is 4. The van der Waals surface area contributed by atoms with Gasteiger partial charge in [0.25, 0.3) is 0 Å².